The van der Waals surface area contributed by atoms with Gasteiger partial charge in [-0.1, -0.05) is 12.1 Å². The Morgan fingerprint density at radius 3 is 2.51 bits per heavy atom. The molecule has 10 nitrogen and oxygen atoms in total. The number of nitrogens with zero attached hydrogens (tertiary/aromatic N) is 2. The second kappa shape index (κ2) is 10.9. The number of carbonyl (C=O) groups excluding carboxylic acids is 3. The standard InChI is InChI=1S/C24H27FN4O6/c25-19-6-5-17(13-18(19)23(32)28-7-10-34-11-8-28)29-9-12-35-21(24(29)33)20(30)22(31)27-16-3-1-15(14-26)2-4-16/h1-6,13,20-21,30H,7-12,14,26H2,(H,27,31)/t20-,21-/m1/s1. The predicted octanol–water partition coefficient (Wildman–Crippen LogP) is 0.488. The van der Waals surface area contributed by atoms with Crippen LogP contribution in [0.15, 0.2) is 42.5 Å². The van der Waals surface area contributed by atoms with Crippen molar-refractivity contribution in [1.82, 2.24) is 4.90 Å². The van der Waals surface area contributed by atoms with Gasteiger partial charge >= 0.3 is 0 Å². The summed E-state index contributed by atoms with van der Waals surface area (Å²) in [5.74, 6) is -2.69. The van der Waals surface area contributed by atoms with E-state index < -0.39 is 35.7 Å². The van der Waals surface area contributed by atoms with Gasteiger partial charge in [0.2, 0.25) is 0 Å². The molecule has 4 rings (SSSR count). The van der Waals surface area contributed by atoms with Gasteiger partial charge in [-0.15, -0.1) is 0 Å². The summed E-state index contributed by atoms with van der Waals surface area (Å²) >= 11 is 0. The maximum Gasteiger partial charge on any atom is 0.259 e. The van der Waals surface area contributed by atoms with Crippen molar-refractivity contribution in [2.24, 2.45) is 5.73 Å². The molecule has 2 aromatic carbocycles. The fraction of sp³-hybridized carbons (Fsp3) is 0.375. The molecule has 0 spiro atoms. The molecule has 2 heterocycles. The van der Waals surface area contributed by atoms with Crippen LogP contribution in [0.3, 0.4) is 0 Å². The third kappa shape index (κ3) is 5.49. The second-order valence-electron chi connectivity index (χ2n) is 8.19. The van der Waals surface area contributed by atoms with Crippen LogP contribution in [-0.2, 0) is 25.6 Å². The lowest BCUT2D eigenvalue weighted by atomic mass is 10.1. The fourth-order valence-electron chi connectivity index (χ4n) is 3.95. The van der Waals surface area contributed by atoms with Gasteiger partial charge in [0.15, 0.2) is 12.2 Å². The van der Waals surface area contributed by atoms with Gasteiger partial charge in [-0.2, -0.15) is 0 Å². The lowest BCUT2D eigenvalue weighted by Crippen LogP contribution is -2.55. The van der Waals surface area contributed by atoms with E-state index in [2.05, 4.69) is 5.32 Å². The lowest BCUT2D eigenvalue weighted by Gasteiger charge is -2.34. The van der Waals surface area contributed by atoms with Gasteiger partial charge in [0, 0.05) is 37.6 Å². The van der Waals surface area contributed by atoms with Crippen molar-refractivity contribution in [2.75, 3.05) is 49.7 Å². The molecule has 3 amide bonds. The Morgan fingerprint density at radius 1 is 1.11 bits per heavy atom. The van der Waals surface area contributed by atoms with Crippen LogP contribution in [0.5, 0.6) is 0 Å². The van der Waals surface area contributed by atoms with Gasteiger partial charge in [0.05, 0.1) is 25.4 Å². The molecule has 2 aliphatic heterocycles. The first-order valence-electron chi connectivity index (χ1n) is 11.3. The topological polar surface area (TPSA) is 134 Å². The monoisotopic (exact) mass is 486 g/mol. The number of aliphatic hydroxyl groups excluding tert-OH is 1. The van der Waals surface area contributed by atoms with E-state index in [0.717, 1.165) is 11.6 Å². The van der Waals surface area contributed by atoms with E-state index in [4.69, 9.17) is 15.2 Å². The van der Waals surface area contributed by atoms with Crippen LogP contribution in [-0.4, -0.2) is 79.4 Å². The average Bonchev–Trinajstić information content (AvgIpc) is 2.89. The van der Waals surface area contributed by atoms with Gasteiger partial charge in [0.25, 0.3) is 17.7 Å². The Morgan fingerprint density at radius 2 is 1.83 bits per heavy atom. The van der Waals surface area contributed by atoms with Crippen LogP contribution in [0, 0.1) is 5.82 Å². The van der Waals surface area contributed by atoms with Gasteiger partial charge < -0.3 is 35.4 Å². The van der Waals surface area contributed by atoms with Crippen LogP contribution in [0.2, 0.25) is 0 Å². The van der Waals surface area contributed by atoms with Crippen molar-refractivity contribution < 1.29 is 33.4 Å². The Balaban J connectivity index is 1.48. The quantitative estimate of drug-likeness (QED) is 0.541. The molecule has 11 heteroatoms. The summed E-state index contributed by atoms with van der Waals surface area (Å²) in [6.45, 7) is 1.92. The molecule has 0 saturated carbocycles. The summed E-state index contributed by atoms with van der Waals surface area (Å²) in [6, 6.07) is 10.5. The van der Waals surface area contributed by atoms with E-state index in [-0.39, 0.29) is 24.4 Å². The van der Waals surface area contributed by atoms with Crippen molar-refractivity contribution >= 4 is 29.1 Å². The van der Waals surface area contributed by atoms with Crippen LogP contribution < -0.4 is 16.0 Å². The lowest BCUT2D eigenvalue weighted by molar-refractivity contribution is -0.150. The molecule has 2 fully saturated rings. The Hall–Kier alpha value is -3.38. The third-order valence-electron chi connectivity index (χ3n) is 5.92. The van der Waals surface area contributed by atoms with Crippen LogP contribution in [0.4, 0.5) is 15.8 Å². The van der Waals surface area contributed by atoms with E-state index >= 15 is 0 Å². The number of aliphatic hydroxyl groups is 1. The summed E-state index contributed by atoms with van der Waals surface area (Å²) in [7, 11) is 0. The minimum absolute atomic E-state index is 0.0378. The number of nitrogens with one attached hydrogen (secondary N) is 1. The van der Waals surface area contributed by atoms with Gasteiger partial charge in [-0.3, -0.25) is 14.4 Å². The molecule has 2 aliphatic rings. The van der Waals surface area contributed by atoms with Crippen molar-refractivity contribution in [1.29, 1.82) is 0 Å². The molecule has 186 valence electrons. The normalized spacial score (nSPS) is 19.4. The number of benzene rings is 2. The number of carbonyl (C=O) groups is 3. The van der Waals surface area contributed by atoms with E-state index in [1.165, 1.54) is 21.9 Å². The zero-order valence-corrected chi connectivity index (χ0v) is 19.0. The van der Waals surface area contributed by atoms with E-state index in [9.17, 15) is 23.9 Å². The zero-order valence-electron chi connectivity index (χ0n) is 19.0. The second-order valence-corrected chi connectivity index (χ2v) is 8.19. The van der Waals surface area contributed by atoms with E-state index in [1.807, 2.05) is 0 Å². The predicted molar refractivity (Wildman–Crippen MR) is 124 cm³/mol. The summed E-state index contributed by atoms with van der Waals surface area (Å²) in [5.41, 5.74) is 6.96. The molecule has 35 heavy (non-hydrogen) atoms. The molecular formula is C24H27FN4O6. The molecule has 4 N–H and O–H groups in total. The highest BCUT2D eigenvalue weighted by molar-refractivity contribution is 6.04. The maximum atomic E-state index is 14.5. The molecule has 0 aliphatic carbocycles. The first-order chi connectivity index (χ1) is 16.9. The van der Waals surface area contributed by atoms with Crippen molar-refractivity contribution in [2.45, 2.75) is 18.8 Å². The Labute approximate surface area is 201 Å². The number of nitrogens with two attached hydrogens (primary N) is 1. The summed E-state index contributed by atoms with van der Waals surface area (Å²) < 4.78 is 25.1. The van der Waals surface area contributed by atoms with Crippen LogP contribution in [0.1, 0.15) is 15.9 Å². The number of rotatable bonds is 6. The summed E-state index contributed by atoms with van der Waals surface area (Å²) in [5, 5.41) is 13.1. The van der Waals surface area contributed by atoms with Crippen molar-refractivity contribution in [3.8, 4) is 0 Å². The molecule has 2 atom stereocenters. The molecule has 2 saturated heterocycles. The average molecular weight is 487 g/mol. The number of hydrogen-bond acceptors (Lipinski definition) is 7. The van der Waals surface area contributed by atoms with Crippen LogP contribution in [0.25, 0.3) is 0 Å². The number of ether oxygens (including phenoxy) is 2. The largest absolute Gasteiger partial charge is 0.380 e. The SMILES string of the molecule is NCc1ccc(NC(=O)[C@H](O)[C@H]2OCCN(c3ccc(F)c(C(=O)N4CCOCC4)c3)C2=O)cc1. The highest BCUT2D eigenvalue weighted by Gasteiger charge is 2.39. The highest BCUT2D eigenvalue weighted by Crippen LogP contribution is 2.25. The number of halogens is 1. The molecule has 0 unspecified atom stereocenters. The van der Waals surface area contributed by atoms with Gasteiger partial charge in [0.1, 0.15) is 5.82 Å². The number of morpholine rings is 2. The van der Waals surface area contributed by atoms with Gasteiger partial charge in [-0.25, -0.2) is 4.39 Å². The first-order valence-corrected chi connectivity index (χ1v) is 11.3. The first kappa shape index (κ1) is 24.7. The fourth-order valence-corrected chi connectivity index (χ4v) is 3.95. The molecular weight excluding hydrogens is 459 g/mol. The Bertz CT molecular complexity index is 1090. The smallest absolute Gasteiger partial charge is 0.259 e. The molecule has 0 bridgehead atoms. The highest BCUT2D eigenvalue weighted by atomic mass is 19.1. The van der Waals surface area contributed by atoms with Crippen molar-refractivity contribution in [3.05, 3.63) is 59.4 Å². The molecule has 0 radical (unpaired) electrons. The van der Waals surface area contributed by atoms with Crippen molar-refractivity contribution in [3.63, 3.8) is 0 Å². The minimum Gasteiger partial charge on any atom is -0.380 e. The van der Waals surface area contributed by atoms with E-state index in [1.54, 1.807) is 24.3 Å². The summed E-state index contributed by atoms with van der Waals surface area (Å²) in [6.07, 6.45) is -3.25. The number of anilines is 2. The maximum absolute atomic E-state index is 14.5. The molecule has 0 aromatic heterocycles. The minimum atomic E-state index is -1.78. The van der Waals surface area contributed by atoms with E-state index in [0.29, 0.717) is 38.5 Å². The third-order valence-corrected chi connectivity index (χ3v) is 5.92. The van der Waals surface area contributed by atoms with Gasteiger partial charge in [-0.05, 0) is 35.9 Å². The Kier molecular flexibility index (Phi) is 7.71. The number of amides is 3. The van der Waals surface area contributed by atoms with Crippen LogP contribution >= 0.6 is 0 Å². The zero-order chi connectivity index (χ0) is 24.9. The number of hydrogen-bond donors (Lipinski definition) is 3. The summed E-state index contributed by atoms with van der Waals surface area (Å²) in [4.78, 5) is 41.3. The molecule has 2 aromatic rings.